The van der Waals surface area contributed by atoms with Crippen molar-refractivity contribution in [3.8, 4) is 11.5 Å². The molecule has 28 heavy (non-hydrogen) atoms. The molecule has 0 bridgehead atoms. The first-order chi connectivity index (χ1) is 13.7. The number of anilines is 1. The Morgan fingerprint density at radius 1 is 1.11 bits per heavy atom. The first kappa shape index (κ1) is 19.9. The highest BCUT2D eigenvalue weighted by Gasteiger charge is 2.20. The minimum Gasteiger partial charge on any atom is -0.495 e. The highest BCUT2D eigenvalue weighted by atomic mass is 19.1. The molecule has 150 valence electrons. The van der Waals surface area contributed by atoms with E-state index in [9.17, 15) is 9.18 Å². The molecule has 0 aliphatic carbocycles. The lowest BCUT2D eigenvalue weighted by Gasteiger charge is -2.36. The molecule has 1 heterocycles. The molecule has 6 nitrogen and oxygen atoms in total. The summed E-state index contributed by atoms with van der Waals surface area (Å²) in [6, 6.07) is 13.9. The van der Waals surface area contributed by atoms with Crippen LogP contribution in [0.2, 0.25) is 0 Å². The van der Waals surface area contributed by atoms with Crippen molar-refractivity contribution in [2.24, 2.45) is 0 Å². The summed E-state index contributed by atoms with van der Waals surface area (Å²) >= 11 is 0. The van der Waals surface area contributed by atoms with Crippen LogP contribution in [0.5, 0.6) is 11.5 Å². The molecule has 1 saturated heterocycles. The predicted molar refractivity (Wildman–Crippen MR) is 107 cm³/mol. The molecule has 1 aliphatic heterocycles. The molecule has 2 aromatic rings. The zero-order chi connectivity index (χ0) is 19.8. The van der Waals surface area contributed by atoms with Gasteiger partial charge in [0.25, 0.3) is 0 Å². The summed E-state index contributed by atoms with van der Waals surface area (Å²) in [7, 11) is 1.68. The van der Waals surface area contributed by atoms with Gasteiger partial charge in [0.05, 0.1) is 25.9 Å². The van der Waals surface area contributed by atoms with E-state index >= 15 is 0 Å². The van der Waals surface area contributed by atoms with Crippen LogP contribution in [0.15, 0.2) is 48.5 Å². The molecule has 0 radical (unpaired) electrons. The minimum atomic E-state index is -0.339. The molecule has 1 fully saturated rings. The molecule has 2 aromatic carbocycles. The number of carbonyl (C=O) groups is 1. The van der Waals surface area contributed by atoms with Crippen LogP contribution in [-0.4, -0.2) is 63.8 Å². The van der Waals surface area contributed by atoms with Gasteiger partial charge in [0.2, 0.25) is 5.91 Å². The summed E-state index contributed by atoms with van der Waals surface area (Å²) in [4.78, 5) is 16.5. The summed E-state index contributed by atoms with van der Waals surface area (Å²) in [5.41, 5.74) is 1.09. The Bertz CT molecular complexity index is 779. The molecule has 0 atom stereocenters. The van der Waals surface area contributed by atoms with Crippen molar-refractivity contribution in [1.82, 2.24) is 10.2 Å². The van der Waals surface area contributed by atoms with E-state index < -0.39 is 0 Å². The van der Waals surface area contributed by atoms with Crippen molar-refractivity contribution < 1.29 is 18.7 Å². The molecule has 0 spiro atoms. The number of piperazine rings is 1. The Labute approximate surface area is 164 Å². The van der Waals surface area contributed by atoms with Gasteiger partial charge >= 0.3 is 0 Å². The van der Waals surface area contributed by atoms with Crippen molar-refractivity contribution >= 4 is 11.6 Å². The number of rotatable bonds is 8. The minimum absolute atomic E-state index is 0.0337. The van der Waals surface area contributed by atoms with E-state index in [2.05, 4.69) is 21.2 Å². The number of nitrogens with one attached hydrogen (secondary N) is 1. The van der Waals surface area contributed by atoms with E-state index in [-0.39, 0.29) is 11.7 Å². The van der Waals surface area contributed by atoms with Crippen molar-refractivity contribution in [1.29, 1.82) is 0 Å². The normalized spacial score (nSPS) is 14.6. The van der Waals surface area contributed by atoms with Crippen molar-refractivity contribution in [3.63, 3.8) is 0 Å². The Morgan fingerprint density at radius 3 is 2.64 bits per heavy atom. The highest BCUT2D eigenvalue weighted by Crippen LogP contribution is 2.28. The van der Waals surface area contributed by atoms with Gasteiger partial charge in [-0.1, -0.05) is 18.2 Å². The fourth-order valence-electron chi connectivity index (χ4n) is 3.21. The first-order valence-corrected chi connectivity index (χ1v) is 9.41. The van der Waals surface area contributed by atoms with Crippen LogP contribution in [0.4, 0.5) is 10.1 Å². The lowest BCUT2D eigenvalue weighted by atomic mass is 10.2. The maximum atomic E-state index is 13.1. The van der Waals surface area contributed by atoms with Crippen LogP contribution in [0.1, 0.15) is 0 Å². The van der Waals surface area contributed by atoms with Gasteiger partial charge in [-0.05, 0) is 24.3 Å². The summed E-state index contributed by atoms with van der Waals surface area (Å²) in [6.45, 7) is 4.36. The zero-order valence-corrected chi connectivity index (χ0v) is 16.1. The van der Waals surface area contributed by atoms with Gasteiger partial charge in [-0.15, -0.1) is 0 Å². The third-order valence-electron chi connectivity index (χ3n) is 4.65. The standard InChI is InChI=1S/C21H26FN3O3/c1-27-20-8-3-2-7-19(20)25-12-10-24(11-13-25)16-21(26)23-9-14-28-18-6-4-5-17(22)15-18/h2-8,15H,9-14,16H2,1H3,(H,23,26). The molecular formula is C21H26FN3O3. The Balaban J connectivity index is 1.35. The second-order valence-corrected chi connectivity index (χ2v) is 6.59. The maximum absolute atomic E-state index is 13.1. The van der Waals surface area contributed by atoms with Crippen molar-refractivity contribution in [2.45, 2.75) is 0 Å². The second kappa shape index (κ2) is 9.94. The van der Waals surface area contributed by atoms with Crippen molar-refractivity contribution in [3.05, 3.63) is 54.3 Å². The number of hydrogen-bond acceptors (Lipinski definition) is 5. The van der Waals surface area contributed by atoms with E-state index in [1.165, 1.54) is 12.1 Å². The van der Waals surface area contributed by atoms with Gasteiger partial charge in [-0.2, -0.15) is 0 Å². The fraction of sp³-hybridized carbons (Fsp3) is 0.381. The number of ether oxygens (including phenoxy) is 2. The van der Waals surface area contributed by atoms with Crippen LogP contribution in [0.25, 0.3) is 0 Å². The number of methoxy groups -OCH3 is 1. The summed E-state index contributed by atoms with van der Waals surface area (Å²) in [5, 5.41) is 2.84. The van der Waals surface area contributed by atoms with Crippen LogP contribution in [-0.2, 0) is 4.79 Å². The highest BCUT2D eigenvalue weighted by molar-refractivity contribution is 5.78. The monoisotopic (exact) mass is 387 g/mol. The summed E-state index contributed by atoms with van der Waals surface area (Å²) < 4.78 is 23.9. The van der Waals surface area contributed by atoms with Gasteiger partial charge < -0.3 is 19.7 Å². The van der Waals surface area contributed by atoms with Crippen LogP contribution in [0.3, 0.4) is 0 Å². The quantitative estimate of drug-likeness (QED) is 0.704. The third-order valence-corrected chi connectivity index (χ3v) is 4.65. The number of nitrogens with zero attached hydrogens (tertiary/aromatic N) is 2. The number of hydrogen-bond donors (Lipinski definition) is 1. The SMILES string of the molecule is COc1ccccc1N1CCN(CC(=O)NCCOc2cccc(F)c2)CC1. The number of amides is 1. The average molecular weight is 387 g/mol. The molecule has 1 aliphatic rings. The van der Waals surface area contributed by atoms with Crippen LogP contribution >= 0.6 is 0 Å². The van der Waals surface area contributed by atoms with Gasteiger partial charge in [-0.25, -0.2) is 4.39 Å². The molecule has 0 unspecified atom stereocenters. The van der Waals surface area contributed by atoms with Gasteiger partial charge in [0.15, 0.2) is 0 Å². The Morgan fingerprint density at radius 2 is 1.89 bits per heavy atom. The number of halogens is 1. The number of benzene rings is 2. The van der Waals surface area contributed by atoms with Crippen LogP contribution in [0, 0.1) is 5.82 Å². The summed E-state index contributed by atoms with van der Waals surface area (Å²) in [5.74, 6) is 0.955. The summed E-state index contributed by atoms with van der Waals surface area (Å²) in [6.07, 6.45) is 0. The lowest BCUT2D eigenvalue weighted by Crippen LogP contribution is -2.49. The van der Waals surface area contributed by atoms with E-state index in [1.807, 2.05) is 18.2 Å². The van der Waals surface area contributed by atoms with Gasteiger partial charge in [0, 0.05) is 32.2 Å². The van der Waals surface area contributed by atoms with E-state index in [0.717, 1.165) is 37.6 Å². The molecule has 0 aromatic heterocycles. The predicted octanol–water partition coefficient (Wildman–Crippen LogP) is 2.15. The number of para-hydroxylation sites is 2. The number of carbonyl (C=O) groups excluding carboxylic acids is 1. The average Bonchev–Trinajstić information content (AvgIpc) is 2.72. The first-order valence-electron chi connectivity index (χ1n) is 9.41. The molecule has 1 amide bonds. The topological polar surface area (TPSA) is 54.0 Å². The van der Waals surface area contributed by atoms with E-state index in [4.69, 9.17) is 9.47 Å². The van der Waals surface area contributed by atoms with E-state index in [0.29, 0.717) is 25.4 Å². The molecule has 7 heteroatoms. The second-order valence-electron chi connectivity index (χ2n) is 6.59. The molecular weight excluding hydrogens is 361 g/mol. The largest absolute Gasteiger partial charge is 0.495 e. The maximum Gasteiger partial charge on any atom is 0.234 e. The van der Waals surface area contributed by atoms with Crippen LogP contribution < -0.4 is 19.7 Å². The molecule has 3 rings (SSSR count). The third kappa shape index (κ3) is 5.60. The zero-order valence-electron chi connectivity index (χ0n) is 16.1. The van der Waals surface area contributed by atoms with Gasteiger partial charge in [-0.3, -0.25) is 9.69 Å². The smallest absolute Gasteiger partial charge is 0.234 e. The van der Waals surface area contributed by atoms with Crippen molar-refractivity contribution in [2.75, 3.05) is 57.9 Å². The Kier molecular flexibility index (Phi) is 7.08. The molecule has 1 N–H and O–H groups in total. The van der Waals surface area contributed by atoms with E-state index in [1.54, 1.807) is 19.2 Å². The molecule has 0 saturated carbocycles. The fourth-order valence-corrected chi connectivity index (χ4v) is 3.21. The lowest BCUT2D eigenvalue weighted by molar-refractivity contribution is -0.122. The van der Waals surface area contributed by atoms with Gasteiger partial charge in [0.1, 0.15) is 23.9 Å². The Hall–Kier alpha value is -2.80.